The number of methoxy groups -OCH3 is 1. The number of ether oxygens (including phenoxy) is 5. The Bertz CT molecular complexity index is 2230. The summed E-state index contributed by atoms with van der Waals surface area (Å²) in [6, 6.07) is 2.26. The van der Waals surface area contributed by atoms with Crippen molar-refractivity contribution in [2.24, 2.45) is 5.92 Å². The molecule has 7 rings (SSSR count). The van der Waals surface area contributed by atoms with Gasteiger partial charge in [-0.25, -0.2) is 13.2 Å². The fourth-order valence-corrected chi connectivity index (χ4v) is 9.31. The Balaban J connectivity index is 1.25. The molecule has 3 aliphatic heterocycles. The molecule has 20 heteroatoms. The van der Waals surface area contributed by atoms with Crippen molar-refractivity contribution in [2.75, 3.05) is 20.3 Å². The van der Waals surface area contributed by atoms with Crippen LogP contribution in [-0.2, 0) is 40.3 Å². The number of hydrogen-bond donors (Lipinski definition) is 3. The van der Waals surface area contributed by atoms with Gasteiger partial charge < -0.3 is 39.2 Å². The van der Waals surface area contributed by atoms with Crippen LogP contribution in [0, 0.1) is 5.92 Å². The number of allylic oxidation sites excluding steroid dienone is 1. The highest BCUT2D eigenvalue weighted by Gasteiger charge is 2.63. The predicted octanol–water partition coefficient (Wildman–Crippen LogP) is 4.37. The molecule has 5 aliphatic rings. The van der Waals surface area contributed by atoms with E-state index in [1.165, 1.54) is 21.0 Å². The van der Waals surface area contributed by atoms with Crippen molar-refractivity contribution in [1.82, 2.24) is 25.2 Å². The summed E-state index contributed by atoms with van der Waals surface area (Å²) in [5.41, 5.74) is -3.77. The van der Waals surface area contributed by atoms with E-state index in [4.69, 9.17) is 23.7 Å². The summed E-state index contributed by atoms with van der Waals surface area (Å²) in [6.07, 6.45) is -2.77. The molecule has 1 aromatic carbocycles. The maximum atomic E-state index is 14.8. The standard InChI is InChI=1S/C41H52F3N5O11S/c1-22-10-7-8-11-24-20-40(24,36(52)48-61(54,55)39(5)15-16-39)47-32(50)30-19-26(59-34-28-14-13-25(56-6)18-29(28)27-12-9-17-57-33(27)46-34)21-49(30)35(51)31(23(2)58-22)45-37(53)60-38(3,4)41(42,43)44/h8,11,13-14,18,22-24,26,30-31H,7,9-10,12,15-17,19-21H2,1-6H3,(H,45,53)(H,47,50)(H,48,52)/b11-8-/t22-,23-,24+,26+,30-,31-,40+/m0/s1. The number of rotatable bonds is 8. The summed E-state index contributed by atoms with van der Waals surface area (Å²) in [5.74, 6) is -2.18. The molecule has 7 atom stereocenters. The van der Waals surface area contributed by atoms with Crippen LogP contribution in [0.25, 0.3) is 10.8 Å². The monoisotopic (exact) mass is 879 g/mol. The summed E-state index contributed by atoms with van der Waals surface area (Å²) in [6.45, 7) is 6.17. The molecule has 0 bridgehead atoms. The molecule has 1 aromatic heterocycles. The van der Waals surface area contributed by atoms with Crippen LogP contribution in [0.15, 0.2) is 30.4 Å². The van der Waals surface area contributed by atoms with Crippen LogP contribution in [0.1, 0.15) is 85.1 Å². The van der Waals surface area contributed by atoms with Crippen molar-refractivity contribution in [3.05, 3.63) is 35.9 Å². The van der Waals surface area contributed by atoms with Gasteiger partial charge in [-0.1, -0.05) is 12.2 Å². The Morgan fingerprint density at radius 3 is 2.54 bits per heavy atom. The third kappa shape index (κ3) is 8.79. The average molecular weight is 880 g/mol. The van der Waals surface area contributed by atoms with Gasteiger partial charge in [0.25, 0.3) is 5.91 Å². The van der Waals surface area contributed by atoms with Gasteiger partial charge in [0.1, 0.15) is 29.5 Å². The highest BCUT2D eigenvalue weighted by Crippen LogP contribution is 2.48. The number of alkyl carbamates (subject to hydrolysis) is 1. The summed E-state index contributed by atoms with van der Waals surface area (Å²) in [4.78, 5) is 62.3. The van der Waals surface area contributed by atoms with Crippen LogP contribution in [0.3, 0.4) is 0 Å². The van der Waals surface area contributed by atoms with Crippen LogP contribution in [0.2, 0.25) is 0 Å². The predicted molar refractivity (Wildman–Crippen MR) is 212 cm³/mol. The fourth-order valence-electron chi connectivity index (χ4n) is 8.00. The van der Waals surface area contributed by atoms with Crippen LogP contribution in [0.5, 0.6) is 17.5 Å². The number of nitrogens with zero attached hydrogens (tertiary/aromatic N) is 2. The summed E-state index contributed by atoms with van der Waals surface area (Å²) < 4.78 is 97.7. The highest BCUT2D eigenvalue weighted by atomic mass is 32.2. The third-order valence-electron chi connectivity index (χ3n) is 12.4. The van der Waals surface area contributed by atoms with Crippen LogP contribution in [0.4, 0.5) is 18.0 Å². The van der Waals surface area contributed by atoms with Gasteiger partial charge in [0.15, 0.2) is 0 Å². The number of carbonyl (C=O) groups excluding carboxylic acids is 4. The van der Waals surface area contributed by atoms with Gasteiger partial charge in [0, 0.05) is 23.3 Å². The second kappa shape index (κ2) is 16.1. The van der Waals surface area contributed by atoms with Gasteiger partial charge in [-0.2, -0.15) is 18.2 Å². The molecule has 3 fully saturated rings. The van der Waals surface area contributed by atoms with Gasteiger partial charge in [0.2, 0.25) is 39.2 Å². The molecule has 4 heterocycles. The van der Waals surface area contributed by atoms with Crippen LogP contribution in [-0.4, -0.2) is 115 Å². The molecule has 61 heavy (non-hydrogen) atoms. The molecule has 16 nitrogen and oxygen atoms in total. The lowest BCUT2D eigenvalue weighted by Crippen LogP contribution is -2.60. The lowest BCUT2D eigenvalue weighted by Gasteiger charge is -2.34. The average Bonchev–Trinajstić information content (AvgIpc) is 4.07. The fraction of sp³-hybridized carbons (Fsp3) is 0.634. The van der Waals surface area contributed by atoms with Crippen molar-refractivity contribution in [3.8, 4) is 17.5 Å². The van der Waals surface area contributed by atoms with E-state index < -0.39 is 92.2 Å². The topological polar surface area (TPSA) is 201 Å². The largest absolute Gasteiger partial charge is 0.497 e. The number of sulfonamides is 1. The SMILES string of the molecule is COc1ccc2c(O[C@@H]3C[C@H]4C(=O)N[C@]5(C(=O)NS(=O)(=O)C6(C)CC6)C[C@H]5/C=C\CC[C@H](C)O[C@@H](C)[C@H](NC(=O)OC(C)(C)C(F)(F)F)C(=O)N4C3)nc3c(c2c1)CCCO3. The molecule has 2 saturated carbocycles. The molecule has 3 N–H and O–H groups in total. The molecule has 334 valence electrons. The number of nitrogens with one attached hydrogen (secondary N) is 3. The lowest BCUT2D eigenvalue weighted by atomic mass is 10.0. The number of amides is 4. The van der Waals surface area contributed by atoms with E-state index in [0.717, 1.165) is 22.3 Å². The molecular formula is C41H52F3N5O11S. The van der Waals surface area contributed by atoms with Crippen LogP contribution >= 0.6 is 0 Å². The number of carbonyl (C=O) groups is 4. The zero-order valence-electron chi connectivity index (χ0n) is 34.8. The normalized spacial score (nSPS) is 29.6. The third-order valence-corrected chi connectivity index (χ3v) is 14.5. The van der Waals surface area contributed by atoms with E-state index in [9.17, 15) is 40.8 Å². The summed E-state index contributed by atoms with van der Waals surface area (Å²) in [5, 5.41) is 6.42. The number of aromatic nitrogens is 1. The van der Waals surface area contributed by atoms with E-state index >= 15 is 0 Å². The summed E-state index contributed by atoms with van der Waals surface area (Å²) in [7, 11) is -2.57. The number of halogens is 3. The first kappa shape index (κ1) is 44.2. The Morgan fingerprint density at radius 2 is 1.85 bits per heavy atom. The first-order chi connectivity index (χ1) is 28.6. The number of aryl methyl sites for hydroxylation is 1. The van der Waals surface area contributed by atoms with Gasteiger partial charge in [0.05, 0.1) is 37.2 Å². The van der Waals surface area contributed by atoms with Gasteiger partial charge in [-0.3, -0.25) is 19.1 Å². The maximum absolute atomic E-state index is 14.8. The number of pyridine rings is 1. The number of fused-ring (bicyclic) bond motifs is 5. The van der Waals surface area contributed by atoms with E-state index in [1.54, 1.807) is 31.2 Å². The second-order valence-corrected chi connectivity index (χ2v) is 19.6. The van der Waals surface area contributed by atoms with Crippen molar-refractivity contribution in [2.45, 2.75) is 138 Å². The Hall–Kier alpha value is -4.85. The van der Waals surface area contributed by atoms with Gasteiger partial charge in [-0.15, -0.1) is 0 Å². The molecule has 4 amide bonds. The molecular weight excluding hydrogens is 828 g/mol. The van der Waals surface area contributed by atoms with E-state index in [1.807, 2.05) is 6.07 Å². The van der Waals surface area contributed by atoms with Gasteiger partial charge in [-0.05, 0) is 103 Å². The first-order valence-corrected chi connectivity index (χ1v) is 21.9. The lowest BCUT2D eigenvalue weighted by molar-refractivity contribution is -0.244. The smallest absolute Gasteiger partial charge is 0.427 e. The Morgan fingerprint density at radius 1 is 1.11 bits per heavy atom. The van der Waals surface area contributed by atoms with Crippen molar-refractivity contribution in [1.29, 1.82) is 0 Å². The minimum absolute atomic E-state index is 0.0660. The molecule has 1 saturated heterocycles. The number of benzene rings is 1. The number of alkyl halides is 3. The molecule has 0 radical (unpaired) electrons. The summed E-state index contributed by atoms with van der Waals surface area (Å²) >= 11 is 0. The zero-order chi connectivity index (χ0) is 44.3. The van der Waals surface area contributed by atoms with Crippen molar-refractivity contribution < 1.29 is 64.5 Å². The molecule has 0 spiro atoms. The quantitative estimate of drug-likeness (QED) is 0.317. The minimum atomic E-state index is -4.95. The van der Waals surface area contributed by atoms with Crippen LogP contribution < -0.4 is 29.6 Å². The minimum Gasteiger partial charge on any atom is -0.497 e. The van der Waals surface area contributed by atoms with Gasteiger partial charge >= 0.3 is 12.3 Å². The highest BCUT2D eigenvalue weighted by molar-refractivity contribution is 7.91. The van der Waals surface area contributed by atoms with E-state index in [0.29, 0.717) is 69.6 Å². The second-order valence-electron chi connectivity index (χ2n) is 17.4. The maximum Gasteiger partial charge on any atom is 0.427 e. The molecule has 2 aliphatic carbocycles. The Labute approximate surface area is 351 Å². The zero-order valence-corrected chi connectivity index (χ0v) is 35.7. The Kier molecular flexibility index (Phi) is 11.7. The number of hydrogen-bond acceptors (Lipinski definition) is 12. The molecule has 0 unspecified atom stereocenters. The van der Waals surface area contributed by atoms with Crippen molar-refractivity contribution in [3.63, 3.8) is 0 Å². The molecule has 2 aromatic rings. The van der Waals surface area contributed by atoms with E-state index in [-0.39, 0.29) is 25.3 Å². The van der Waals surface area contributed by atoms with Crippen molar-refractivity contribution >= 4 is 44.6 Å². The van der Waals surface area contributed by atoms with E-state index in [2.05, 4.69) is 20.3 Å². The first-order valence-electron chi connectivity index (χ1n) is 20.5.